The fourth-order valence-corrected chi connectivity index (χ4v) is 4.96. The van der Waals surface area contributed by atoms with Crippen molar-refractivity contribution in [1.29, 1.82) is 0 Å². The van der Waals surface area contributed by atoms with E-state index in [1.165, 1.54) is 17.7 Å². The lowest BCUT2D eigenvalue weighted by Crippen LogP contribution is -2.16. The van der Waals surface area contributed by atoms with E-state index < -0.39 is 18.3 Å². The molecule has 7 nitrogen and oxygen atoms in total. The number of nitrogens with one attached hydrogen (secondary N) is 1. The predicted octanol–water partition coefficient (Wildman–Crippen LogP) is 6.88. The van der Waals surface area contributed by atoms with E-state index in [1.807, 2.05) is 38.1 Å². The van der Waals surface area contributed by atoms with E-state index in [0.29, 0.717) is 37.5 Å². The van der Waals surface area contributed by atoms with Crippen molar-refractivity contribution in [2.45, 2.75) is 52.2 Å². The molecule has 0 aliphatic carbocycles. The number of nitro benzene ring substituents is 1. The lowest BCUT2D eigenvalue weighted by atomic mass is 10.0. The van der Waals surface area contributed by atoms with Gasteiger partial charge in [-0.1, -0.05) is 39.8 Å². The van der Waals surface area contributed by atoms with Gasteiger partial charge in [-0.25, -0.2) is 0 Å². The van der Waals surface area contributed by atoms with Crippen LogP contribution in [-0.2, 0) is 13.6 Å². The highest BCUT2D eigenvalue weighted by Crippen LogP contribution is 2.61. The summed E-state index contributed by atoms with van der Waals surface area (Å²) in [5.41, 5.74) is 2.53. The molecular weight excluding hydrogens is 403 g/mol. The molecule has 0 spiro atoms. The molecule has 0 amide bonds. The zero-order chi connectivity index (χ0) is 22.1. The Morgan fingerprint density at radius 2 is 1.43 bits per heavy atom. The van der Waals surface area contributed by atoms with Crippen LogP contribution in [0.5, 0.6) is 0 Å². The number of non-ortho nitro benzene ring substituents is 1. The fraction of sp³-hybridized carbons (Fsp3) is 0.455. The Labute approximate surface area is 178 Å². The first-order valence-corrected chi connectivity index (χ1v) is 11.9. The molecule has 0 aliphatic heterocycles. The van der Waals surface area contributed by atoms with Crippen molar-refractivity contribution >= 4 is 19.0 Å². The van der Waals surface area contributed by atoms with Gasteiger partial charge in [-0.3, -0.25) is 14.7 Å². The molecule has 0 bridgehead atoms. The molecule has 8 heteroatoms. The summed E-state index contributed by atoms with van der Waals surface area (Å²) in [6, 6.07) is 13.9. The Kier molecular flexibility index (Phi) is 9.03. The molecule has 1 N–H and O–H groups in total. The average molecular weight is 434 g/mol. The van der Waals surface area contributed by atoms with Crippen molar-refractivity contribution in [2.24, 2.45) is 0 Å². The second-order valence-corrected chi connectivity index (χ2v) is 9.49. The Morgan fingerprint density at radius 3 is 1.87 bits per heavy atom. The van der Waals surface area contributed by atoms with Crippen LogP contribution in [0.3, 0.4) is 0 Å². The molecule has 0 heterocycles. The van der Waals surface area contributed by atoms with Gasteiger partial charge in [-0.15, -0.1) is 0 Å². The smallest absolute Gasteiger partial charge is 0.357 e. The van der Waals surface area contributed by atoms with Crippen molar-refractivity contribution in [3.05, 3.63) is 69.8 Å². The van der Waals surface area contributed by atoms with E-state index in [9.17, 15) is 14.7 Å². The van der Waals surface area contributed by atoms with Crippen LogP contribution in [-0.4, -0.2) is 18.1 Å². The fourth-order valence-electron chi connectivity index (χ4n) is 2.87. The zero-order valence-corrected chi connectivity index (χ0v) is 18.9. The number of benzene rings is 2. The van der Waals surface area contributed by atoms with Crippen LogP contribution in [0.1, 0.15) is 63.4 Å². The average Bonchev–Trinajstić information content (AvgIpc) is 2.75. The minimum Gasteiger partial charge on any atom is -0.368 e. The summed E-state index contributed by atoms with van der Waals surface area (Å²) in [5, 5.41) is 14.3. The maximum absolute atomic E-state index is 13.8. The molecule has 0 radical (unpaired) electrons. The predicted molar refractivity (Wildman–Crippen MR) is 120 cm³/mol. The van der Waals surface area contributed by atoms with E-state index >= 15 is 0 Å². The molecule has 0 aliphatic rings. The van der Waals surface area contributed by atoms with Crippen LogP contribution in [0.15, 0.2) is 48.5 Å². The topological polar surface area (TPSA) is 90.7 Å². The highest BCUT2D eigenvalue weighted by atomic mass is 31.2. The third-order valence-corrected chi connectivity index (χ3v) is 6.71. The minimum atomic E-state index is -3.60. The number of hydrogen-bond donors (Lipinski definition) is 1. The van der Waals surface area contributed by atoms with E-state index in [2.05, 4.69) is 19.2 Å². The van der Waals surface area contributed by atoms with E-state index in [0.717, 1.165) is 5.69 Å². The lowest BCUT2D eigenvalue weighted by Gasteiger charge is -2.29. The Morgan fingerprint density at radius 1 is 0.933 bits per heavy atom. The Bertz CT molecular complexity index is 841. The standard InChI is InChI=1S/C22H31N2O5P/c1-5-15-28-30(27,29-16-6-2)22(19-9-13-21(14-10-19)24(25)26)23-20-11-7-18(8-12-20)17(3)4/h7-14,17,22-23H,5-6,15-16H2,1-4H3/t22-/m0/s1. The van der Waals surface area contributed by atoms with E-state index in [-0.39, 0.29) is 5.69 Å². The van der Waals surface area contributed by atoms with Crippen LogP contribution < -0.4 is 5.32 Å². The van der Waals surface area contributed by atoms with Gasteiger partial charge in [0.2, 0.25) is 0 Å². The number of nitrogens with zero attached hydrogens (tertiary/aromatic N) is 1. The van der Waals surface area contributed by atoms with Gasteiger partial charge in [0.15, 0.2) is 5.78 Å². The van der Waals surface area contributed by atoms with Gasteiger partial charge in [-0.2, -0.15) is 0 Å². The highest BCUT2D eigenvalue weighted by Gasteiger charge is 2.37. The SMILES string of the molecule is CCCOP(=O)(OCCC)[C@H](Nc1ccc(C(C)C)cc1)c1ccc([N+](=O)[O-])cc1. The molecule has 0 fully saturated rings. The summed E-state index contributed by atoms with van der Waals surface area (Å²) >= 11 is 0. The van der Waals surface area contributed by atoms with Crippen molar-refractivity contribution in [3.8, 4) is 0 Å². The number of anilines is 1. The summed E-state index contributed by atoms with van der Waals surface area (Å²) in [4.78, 5) is 10.6. The first-order valence-electron chi connectivity index (χ1n) is 10.3. The Hall–Kier alpha value is -2.21. The molecule has 164 valence electrons. The number of hydrogen-bond acceptors (Lipinski definition) is 6. The van der Waals surface area contributed by atoms with Crippen LogP contribution in [0.4, 0.5) is 11.4 Å². The third-order valence-electron chi connectivity index (χ3n) is 4.57. The molecule has 2 aromatic carbocycles. The molecule has 30 heavy (non-hydrogen) atoms. The molecule has 0 unspecified atom stereocenters. The van der Waals surface area contributed by atoms with Gasteiger partial charge in [0.25, 0.3) is 5.69 Å². The maximum atomic E-state index is 13.8. The van der Waals surface area contributed by atoms with Crippen molar-refractivity contribution in [1.82, 2.24) is 0 Å². The van der Waals surface area contributed by atoms with Crippen molar-refractivity contribution < 1.29 is 18.5 Å². The van der Waals surface area contributed by atoms with Gasteiger partial charge in [-0.05, 0) is 54.2 Å². The largest absolute Gasteiger partial charge is 0.368 e. The number of nitro groups is 1. The van der Waals surface area contributed by atoms with Crippen LogP contribution >= 0.6 is 7.60 Å². The summed E-state index contributed by atoms with van der Waals surface area (Å²) in [7, 11) is -3.60. The van der Waals surface area contributed by atoms with Gasteiger partial charge in [0.1, 0.15) is 0 Å². The first kappa shape index (κ1) is 24.1. The second-order valence-electron chi connectivity index (χ2n) is 7.38. The van der Waals surface area contributed by atoms with Crippen LogP contribution in [0.25, 0.3) is 0 Å². The third kappa shape index (κ3) is 6.39. The maximum Gasteiger partial charge on any atom is 0.357 e. The molecular formula is C22H31N2O5P. The monoisotopic (exact) mass is 434 g/mol. The van der Waals surface area contributed by atoms with Crippen LogP contribution in [0.2, 0.25) is 0 Å². The summed E-state index contributed by atoms with van der Waals surface area (Å²) < 4.78 is 25.3. The normalized spacial score (nSPS) is 12.7. The van der Waals surface area contributed by atoms with Crippen molar-refractivity contribution in [3.63, 3.8) is 0 Å². The molecule has 0 saturated heterocycles. The molecule has 1 atom stereocenters. The highest BCUT2D eigenvalue weighted by molar-refractivity contribution is 7.54. The molecule has 2 aromatic rings. The molecule has 2 rings (SSSR count). The van der Waals surface area contributed by atoms with Crippen molar-refractivity contribution in [2.75, 3.05) is 18.5 Å². The lowest BCUT2D eigenvalue weighted by molar-refractivity contribution is -0.384. The first-order chi connectivity index (χ1) is 14.3. The second kappa shape index (κ2) is 11.3. The molecule has 0 aromatic heterocycles. The zero-order valence-electron chi connectivity index (χ0n) is 18.0. The van der Waals surface area contributed by atoms with Gasteiger partial charge in [0, 0.05) is 17.8 Å². The summed E-state index contributed by atoms with van der Waals surface area (Å²) in [5.74, 6) is -0.391. The molecule has 0 saturated carbocycles. The summed E-state index contributed by atoms with van der Waals surface area (Å²) in [6.45, 7) is 8.68. The summed E-state index contributed by atoms with van der Waals surface area (Å²) in [6.07, 6.45) is 1.38. The van der Waals surface area contributed by atoms with E-state index in [1.54, 1.807) is 12.1 Å². The quantitative estimate of drug-likeness (QED) is 0.223. The van der Waals surface area contributed by atoms with E-state index in [4.69, 9.17) is 9.05 Å². The van der Waals surface area contributed by atoms with Gasteiger partial charge in [0.05, 0.1) is 18.1 Å². The Balaban J connectivity index is 2.43. The minimum absolute atomic E-state index is 0.0300. The van der Waals surface area contributed by atoms with Gasteiger partial charge >= 0.3 is 7.60 Å². The van der Waals surface area contributed by atoms with Crippen LogP contribution in [0, 0.1) is 10.1 Å². The number of rotatable bonds is 12. The van der Waals surface area contributed by atoms with Gasteiger partial charge < -0.3 is 14.4 Å².